The minimum absolute atomic E-state index is 0.0389. The number of ether oxygens (including phenoxy) is 1. The number of ketones is 1. The highest BCUT2D eigenvalue weighted by atomic mass is 32.1. The third-order valence-corrected chi connectivity index (χ3v) is 10.5. The van der Waals surface area contributed by atoms with Crippen LogP contribution in [0.15, 0.2) is 34.8 Å². The predicted molar refractivity (Wildman–Crippen MR) is 152 cm³/mol. The number of aryl methyl sites for hydroxylation is 1. The van der Waals surface area contributed by atoms with Gasteiger partial charge in [0.15, 0.2) is 5.78 Å². The van der Waals surface area contributed by atoms with Crippen LogP contribution in [-0.4, -0.2) is 18.4 Å². The second kappa shape index (κ2) is 10.3. The zero-order valence-electron chi connectivity index (χ0n) is 22.6. The summed E-state index contributed by atoms with van der Waals surface area (Å²) >= 11 is 3.22. The zero-order valence-corrected chi connectivity index (χ0v) is 24.2. The molecule has 2 aromatic rings. The number of Topliss-reactive ketones (excluding diaryl/α,β-unsaturated/α-hetero) is 1. The molecule has 200 valence electrons. The summed E-state index contributed by atoms with van der Waals surface area (Å²) in [7, 11) is 0. The molecule has 0 radical (unpaired) electrons. The number of nitriles is 1. The molecule has 0 amide bonds. The van der Waals surface area contributed by atoms with E-state index >= 15 is 0 Å². The van der Waals surface area contributed by atoms with Crippen molar-refractivity contribution in [3.8, 4) is 6.07 Å². The Morgan fingerprint density at radius 2 is 1.89 bits per heavy atom. The first-order chi connectivity index (χ1) is 18.2. The number of hydrogen-bond donors (Lipinski definition) is 1. The maximum absolute atomic E-state index is 13.6. The van der Waals surface area contributed by atoms with Gasteiger partial charge in [-0.05, 0) is 68.6 Å². The van der Waals surface area contributed by atoms with Gasteiger partial charge in [0.1, 0.15) is 10.8 Å². The fraction of sp³-hybridized carbons (Fsp3) is 0.500. The lowest BCUT2D eigenvalue weighted by Crippen LogP contribution is -2.38. The van der Waals surface area contributed by atoms with E-state index in [1.807, 2.05) is 17.9 Å². The molecule has 0 bridgehead atoms. The summed E-state index contributed by atoms with van der Waals surface area (Å²) in [5, 5.41) is 11.1. The normalized spacial score (nSPS) is 20.1. The molecule has 0 unspecified atom stereocenters. The van der Waals surface area contributed by atoms with Gasteiger partial charge < -0.3 is 10.5 Å². The van der Waals surface area contributed by atoms with Crippen molar-refractivity contribution in [1.29, 1.82) is 5.26 Å². The van der Waals surface area contributed by atoms with Gasteiger partial charge in [-0.25, -0.2) is 4.79 Å². The van der Waals surface area contributed by atoms with Crippen molar-refractivity contribution >= 4 is 39.4 Å². The Balaban J connectivity index is 1.73. The van der Waals surface area contributed by atoms with Gasteiger partial charge in [0.05, 0.1) is 29.7 Å². The van der Waals surface area contributed by atoms with Crippen LogP contribution in [0.1, 0.15) is 103 Å². The molecule has 0 aromatic carbocycles. The van der Waals surface area contributed by atoms with E-state index in [-0.39, 0.29) is 23.8 Å². The largest absolute Gasteiger partial charge is 0.462 e. The number of allylic oxidation sites excluding steroid dienone is 3. The molecular formula is C30H35N3O3S2. The molecule has 6 nitrogen and oxygen atoms in total. The number of fused-ring (bicyclic) bond motifs is 1. The van der Waals surface area contributed by atoms with Gasteiger partial charge in [-0.15, -0.1) is 22.7 Å². The summed E-state index contributed by atoms with van der Waals surface area (Å²) in [5.74, 6) is -0.460. The minimum atomic E-state index is -0.482. The Labute approximate surface area is 232 Å². The predicted octanol–water partition coefficient (Wildman–Crippen LogP) is 6.86. The van der Waals surface area contributed by atoms with Crippen molar-refractivity contribution in [2.45, 2.75) is 90.4 Å². The van der Waals surface area contributed by atoms with Crippen LogP contribution in [-0.2, 0) is 27.8 Å². The first-order valence-electron chi connectivity index (χ1n) is 13.5. The van der Waals surface area contributed by atoms with Crippen molar-refractivity contribution in [3.63, 3.8) is 0 Å². The zero-order chi connectivity index (χ0) is 27.2. The lowest BCUT2D eigenvalue weighted by Gasteiger charge is -2.39. The van der Waals surface area contributed by atoms with Crippen LogP contribution < -0.4 is 10.6 Å². The van der Waals surface area contributed by atoms with E-state index in [2.05, 4.69) is 32.9 Å². The van der Waals surface area contributed by atoms with Crippen LogP contribution in [0.5, 0.6) is 0 Å². The number of rotatable bonds is 4. The van der Waals surface area contributed by atoms with Crippen LogP contribution in [0.3, 0.4) is 0 Å². The van der Waals surface area contributed by atoms with E-state index < -0.39 is 5.92 Å². The van der Waals surface area contributed by atoms with Crippen molar-refractivity contribution in [2.75, 3.05) is 11.5 Å². The van der Waals surface area contributed by atoms with Gasteiger partial charge in [-0.1, -0.05) is 27.2 Å². The number of nitrogens with zero attached hydrogens (tertiary/aromatic N) is 2. The number of carbonyl (C=O) groups excluding carboxylic acids is 2. The van der Waals surface area contributed by atoms with Gasteiger partial charge in [0.2, 0.25) is 0 Å². The third-order valence-electron chi connectivity index (χ3n) is 7.65. The van der Waals surface area contributed by atoms with Crippen molar-refractivity contribution in [2.24, 2.45) is 5.73 Å². The van der Waals surface area contributed by atoms with Gasteiger partial charge in [-0.3, -0.25) is 9.69 Å². The molecule has 38 heavy (non-hydrogen) atoms. The van der Waals surface area contributed by atoms with Gasteiger partial charge in [0.25, 0.3) is 0 Å². The highest BCUT2D eigenvalue weighted by Gasteiger charge is 2.43. The summed E-state index contributed by atoms with van der Waals surface area (Å²) in [4.78, 5) is 32.2. The molecule has 0 fully saturated rings. The lowest BCUT2D eigenvalue weighted by molar-refractivity contribution is -0.116. The van der Waals surface area contributed by atoms with E-state index in [1.54, 1.807) is 22.7 Å². The third kappa shape index (κ3) is 4.50. The smallest absolute Gasteiger partial charge is 0.341 e. The molecule has 2 N–H and O–H groups in total. The first kappa shape index (κ1) is 26.7. The summed E-state index contributed by atoms with van der Waals surface area (Å²) in [6, 6.07) is 6.51. The quantitative estimate of drug-likeness (QED) is 0.331. The maximum atomic E-state index is 13.6. The van der Waals surface area contributed by atoms with Crippen LogP contribution in [0.4, 0.5) is 5.00 Å². The molecule has 2 aromatic heterocycles. The summed E-state index contributed by atoms with van der Waals surface area (Å²) in [6.45, 7) is 8.57. The fourth-order valence-electron chi connectivity index (χ4n) is 5.81. The molecule has 2 aliphatic carbocycles. The van der Waals surface area contributed by atoms with Crippen LogP contribution in [0, 0.1) is 11.3 Å². The van der Waals surface area contributed by atoms with Gasteiger partial charge >= 0.3 is 5.97 Å². The average Bonchev–Trinajstić information content (AvgIpc) is 3.43. The van der Waals surface area contributed by atoms with E-state index in [0.717, 1.165) is 48.2 Å². The maximum Gasteiger partial charge on any atom is 0.341 e. The minimum Gasteiger partial charge on any atom is -0.462 e. The summed E-state index contributed by atoms with van der Waals surface area (Å²) in [6.07, 6.45) is 6.79. The highest BCUT2D eigenvalue weighted by molar-refractivity contribution is 7.17. The Kier molecular flexibility index (Phi) is 7.27. The summed E-state index contributed by atoms with van der Waals surface area (Å²) < 4.78 is 5.53. The van der Waals surface area contributed by atoms with Crippen molar-refractivity contribution < 1.29 is 14.3 Å². The average molecular weight is 550 g/mol. The standard InChI is InChI=1S/C30H35N3O3S2/c1-5-36-29(35)25-17-10-7-6-8-13-21(17)38-28(25)33-19-11-9-12-20(34)26(19)24(18(16-31)27(33)32)22-14-15-23(37-22)30(2,3)4/h14-15,24H,5-13,32H2,1-4H3/t24-/m0/s1. The van der Waals surface area contributed by atoms with Crippen LogP contribution in [0.2, 0.25) is 0 Å². The Morgan fingerprint density at radius 1 is 1.13 bits per heavy atom. The molecule has 3 heterocycles. The Bertz CT molecular complexity index is 1400. The van der Waals surface area contributed by atoms with Gasteiger partial charge in [0, 0.05) is 32.3 Å². The molecule has 1 aliphatic heterocycles. The monoisotopic (exact) mass is 549 g/mol. The number of carbonyl (C=O) groups is 2. The van der Waals surface area contributed by atoms with E-state index in [1.165, 1.54) is 9.75 Å². The molecule has 0 spiro atoms. The fourth-order valence-corrected chi connectivity index (χ4v) is 8.41. The number of anilines is 1. The topological polar surface area (TPSA) is 96.4 Å². The molecule has 0 saturated carbocycles. The van der Waals surface area contributed by atoms with Crippen LogP contribution >= 0.6 is 22.7 Å². The molecule has 1 atom stereocenters. The number of hydrogen-bond acceptors (Lipinski definition) is 8. The van der Waals surface area contributed by atoms with E-state index in [9.17, 15) is 14.9 Å². The second-order valence-corrected chi connectivity index (χ2v) is 13.4. The SMILES string of the molecule is CCOC(=O)c1c(N2C(N)=C(C#N)[C@@H](c3ccc(C(C)(C)C)s3)C3=C2CCCC3=O)sc2c1CCCCC2. The Morgan fingerprint density at radius 3 is 2.58 bits per heavy atom. The molecular weight excluding hydrogens is 514 g/mol. The number of thiophene rings is 2. The van der Waals surface area contributed by atoms with E-state index in [4.69, 9.17) is 10.5 Å². The van der Waals surface area contributed by atoms with E-state index in [0.29, 0.717) is 46.8 Å². The lowest BCUT2D eigenvalue weighted by atomic mass is 9.78. The number of nitrogens with two attached hydrogens (primary N) is 1. The molecule has 0 saturated heterocycles. The molecule has 8 heteroatoms. The first-order valence-corrected chi connectivity index (χ1v) is 15.2. The van der Waals surface area contributed by atoms with Crippen LogP contribution in [0.25, 0.3) is 0 Å². The van der Waals surface area contributed by atoms with Gasteiger partial charge in [-0.2, -0.15) is 5.26 Å². The highest BCUT2D eigenvalue weighted by Crippen LogP contribution is 2.51. The summed E-state index contributed by atoms with van der Waals surface area (Å²) in [5.41, 5.74) is 10.3. The van der Waals surface area contributed by atoms with Crippen molar-refractivity contribution in [1.82, 2.24) is 0 Å². The van der Waals surface area contributed by atoms with Crippen molar-refractivity contribution in [3.05, 3.63) is 60.6 Å². The Hall–Kier alpha value is -2.89. The number of esters is 1. The molecule has 3 aliphatic rings. The molecule has 5 rings (SSSR count). The second-order valence-electron chi connectivity index (χ2n) is 11.2.